The van der Waals surface area contributed by atoms with E-state index in [-0.39, 0.29) is 73.6 Å². The number of methoxy groups -OCH3 is 1. The Kier molecular flexibility index (Phi) is 40.6. The maximum Gasteiger partial charge on any atom is 0.223 e. The van der Waals surface area contributed by atoms with E-state index >= 15 is 0 Å². The quantitative estimate of drug-likeness (QED) is 0.387. The average molecular weight is 2020 g/mol. The Hall–Kier alpha value is -0.670. The van der Waals surface area contributed by atoms with Crippen LogP contribution in [0.4, 0.5) is 0 Å². The molecule has 5 atom stereocenters. The summed E-state index contributed by atoms with van der Waals surface area (Å²) in [7, 11) is 20.4. The van der Waals surface area contributed by atoms with Crippen LogP contribution < -0.4 is 5.32 Å². The normalized spacial score (nSPS) is 35.3. The van der Waals surface area contributed by atoms with Gasteiger partial charge in [0, 0.05) is 239 Å². The molecule has 0 radical (unpaired) electrons. The maximum absolute atomic E-state index is 11.3. The fraction of sp³-hybridized carbons (Fsp3) is 0.989. The monoisotopic (exact) mass is 2010 g/mol. The van der Waals surface area contributed by atoms with Gasteiger partial charge in [-0.2, -0.15) is 23.5 Å². The van der Waals surface area contributed by atoms with Crippen molar-refractivity contribution >= 4 is 70.7 Å². The second kappa shape index (κ2) is 49.2. The molecule has 20 saturated heterocycles. The summed E-state index contributed by atoms with van der Waals surface area (Å²) in [5, 5.41) is 2.81. The first-order chi connectivity index (χ1) is 63.7. The molecule has 4 aliphatic carbocycles. The van der Waals surface area contributed by atoms with E-state index in [0.29, 0.717) is 60.9 Å². The van der Waals surface area contributed by atoms with Gasteiger partial charge in [0.2, 0.25) is 5.91 Å². The van der Waals surface area contributed by atoms with Gasteiger partial charge in [-0.1, -0.05) is 6.42 Å². The Morgan fingerprint density at radius 1 is 0.336 bits per heavy atom. The number of ether oxygens (including phenoxy) is 14. The molecular formula is C94H175N13O21S6. The Morgan fingerprint density at radius 2 is 0.694 bits per heavy atom. The van der Waals surface area contributed by atoms with Crippen LogP contribution in [-0.4, -0.2) is 582 Å². The maximum atomic E-state index is 11.3. The van der Waals surface area contributed by atoms with Crippen molar-refractivity contribution in [3.63, 3.8) is 0 Å². The minimum Gasteiger partial charge on any atom is -0.381 e. The zero-order chi connectivity index (χ0) is 95.6. The van der Waals surface area contributed by atoms with Crippen molar-refractivity contribution in [2.75, 3.05) is 430 Å². The smallest absolute Gasteiger partial charge is 0.223 e. The Balaban J connectivity index is 0.000000124. The van der Waals surface area contributed by atoms with Crippen LogP contribution in [0.2, 0.25) is 0 Å². The number of nitrogens with one attached hydrogen (secondary N) is 1. The van der Waals surface area contributed by atoms with Crippen LogP contribution in [0.5, 0.6) is 0 Å². The van der Waals surface area contributed by atoms with Crippen LogP contribution in [0, 0.1) is 10.8 Å². The number of carbonyl (C=O) groups excluding carboxylic acids is 1. The summed E-state index contributed by atoms with van der Waals surface area (Å²) in [6.07, 6.45) is 16.9. The van der Waals surface area contributed by atoms with Crippen LogP contribution in [0.25, 0.3) is 0 Å². The number of nitrogens with zero attached hydrogens (tertiary/aromatic N) is 12. The van der Waals surface area contributed by atoms with Crippen molar-refractivity contribution in [1.29, 1.82) is 0 Å². The molecule has 0 bridgehead atoms. The first kappa shape index (κ1) is 111. The van der Waals surface area contributed by atoms with Gasteiger partial charge in [0.15, 0.2) is 19.7 Å². The molecule has 0 aromatic heterocycles. The highest BCUT2D eigenvalue weighted by Gasteiger charge is 2.55. The second-order valence-electron chi connectivity index (χ2n) is 44.6. The lowest BCUT2D eigenvalue weighted by atomic mass is 9.69. The summed E-state index contributed by atoms with van der Waals surface area (Å²) < 4.78 is 145. The first-order valence-corrected chi connectivity index (χ1v) is 59.1. The van der Waals surface area contributed by atoms with Gasteiger partial charge in [0.05, 0.1) is 192 Å². The zero-order valence-electron chi connectivity index (χ0n) is 84.3. The standard InChI is InChI=1S/C9H17NO2.C9H17NO.C8H14N2O2.C8H15NO3S.C8H15NO2S.C8H15NOS.2C8H15NO.C7H13NO3S.C7H13NO2S.C7H13NO2.C7H13NOS/c1-10-3-4-12-9(7-10)5-8(6-9)11-2;1-10-5-6-11-8-9(7-10)3-2-4-9;1-10-2-3-12-8(6-10)4-7(11)9-5-8;1-9-3-4-12-8(6-9)2-5-13(10,11)7-8;1-9-3-4-11-8(6-9)2-5-12(10)7-8;1-9-3-4-10-8(6-9)2-5-11-7-8;1-9-4-5-10-7-8(6-9)2-3-8;1-9-5-6-10-8(7-9)3-2-4-8;1-8-2-3-11-7(4-8)5-12(9,10)6-7;1-8-2-3-10-7(4-8)5-11(9)6-7;1-8-2-3-10-7(4-8)5-9-6-7;1-8-2-3-9-7(4-8)5-10-6-7/h8H,3-7H2,1-2H3;2-8H2,1H3;2-6H2,1H3,(H,9,11);2-7H2,1H3;2-7H2,1H3;2-7H2,1H3;2*2-7H2,1H3;2-6H2,1H3;2-6H2,1H3;2*2-6H2,1H3. The van der Waals surface area contributed by atoms with E-state index < -0.39 is 41.3 Å². The number of carbonyl (C=O) groups is 1. The fourth-order valence-corrected chi connectivity index (χ4v) is 32.0. The summed E-state index contributed by atoms with van der Waals surface area (Å²) >= 11 is 4.02. The molecule has 20 aliphatic heterocycles. The number of likely N-dealkylation sites (N-methyl/N-ethyl adjacent to an activating group) is 12. The van der Waals surface area contributed by atoms with Crippen LogP contribution >= 0.6 is 23.5 Å². The first-order valence-electron chi connectivity index (χ1n) is 50.1. The molecule has 0 aromatic rings. The third-order valence-electron chi connectivity index (χ3n) is 30.8. The van der Waals surface area contributed by atoms with Gasteiger partial charge in [-0.05, 0) is 155 Å². The summed E-state index contributed by atoms with van der Waals surface area (Å²) in [6.45, 7) is 39.2. The summed E-state index contributed by atoms with van der Waals surface area (Å²) in [4.78, 5) is 38.6. The third kappa shape index (κ3) is 32.9. The van der Waals surface area contributed by atoms with Crippen molar-refractivity contribution in [2.45, 2.75) is 152 Å². The molecular weight excluding hydrogens is 1840 g/mol. The number of sulfone groups is 2. The molecule has 5 unspecified atom stereocenters. The average Bonchev–Trinajstić information content (AvgIpc) is 1.28. The third-order valence-corrected chi connectivity index (χ3v) is 40.4. The summed E-state index contributed by atoms with van der Waals surface area (Å²) in [5.74, 6) is 9.02. The topological polar surface area (TPSA) is 300 Å². The van der Waals surface area contributed by atoms with E-state index in [1.165, 1.54) is 93.9 Å². The number of hydrogen-bond donors (Lipinski definition) is 1. The molecule has 34 nitrogen and oxygen atoms in total. The molecule has 1 amide bonds. The van der Waals surface area contributed by atoms with Crippen molar-refractivity contribution in [2.24, 2.45) is 10.8 Å². The molecule has 134 heavy (non-hydrogen) atoms. The van der Waals surface area contributed by atoms with Gasteiger partial charge < -0.3 is 130 Å². The van der Waals surface area contributed by atoms with Gasteiger partial charge >= 0.3 is 0 Å². The number of rotatable bonds is 1. The predicted molar refractivity (Wildman–Crippen MR) is 530 cm³/mol. The van der Waals surface area contributed by atoms with Crippen molar-refractivity contribution < 1.29 is 96.4 Å². The highest BCUT2D eigenvalue weighted by atomic mass is 32.2. The molecule has 24 rings (SSSR count). The van der Waals surface area contributed by atoms with Crippen LogP contribution in [0.3, 0.4) is 0 Å². The number of amides is 1. The zero-order valence-corrected chi connectivity index (χ0v) is 89.2. The molecule has 4 saturated carbocycles. The van der Waals surface area contributed by atoms with E-state index in [9.17, 15) is 30.0 Å². The van der Waals surface area contributed by atoms with Crippen molar-refractivity contribution in [3.8, 4) is 0 Å². The molecule has 40 heteroatoms. The predicted octanol–water partition coefficient (Wildman–Crippen LogP) is 1.31. The molecule has 778 valence electrons. The lowest BCUT2D eigenvalue weighted by molar-refractivity contribution is -0.235. The lowest BCUT2D eigenvalue weighted by Crippen LogP contribution is -2.65. The highest BCUT2D eigenvalue weighted by Crippen LogP contribution is 2.48. The highest BCUT2D eigenvalue weighted by molar-refractivity contribution is 8.00. The van der Waals surface area contributed by atoms with Gasteiger partial charge in [-0.15, -0.1) is 0 Å². The number of thioether (sulfide) groups is 2. The second-order valence-corrected chi connectivity index (χ2v) is 54.0. The Bertz CT molecular complexity index is 3770. The summed E-state index contributed by atoms with van der Waals surface area (Å²) in [5.41, 5.74) is 1.12. The molecule has 12 spiro atoms. The minimum absolute atomic E-state index is 0.0299. The fourth-order valence-electron chi connectivity index (χ4n) is 22.8. The Morgan fingerprint density at radius 3 is 1.06 bits per heavy atom. The van der Waals surface area contributed by atoms with Crippen molar-refractivity contribution in [3.05, 3.63) is 0 Å². The van der Waals surface area contributed by atoms with E-state index in [2.05, 4.69) is 135 Å². The molecule has 0 aromatic carbocycles. The minimum atomic E-state index is -2.83. The van der Waals surface area contributed by atoms with E-state index in [4.69, 9.17) is 66.3 Å². The van der Waals surface area contributed by atoms with E-state index in [1.807, 2.05) is 37.6 Å². The lowest BCUT2D eigenvalue weighted by Gasteiger charge is -2.51. The molecule has 24 aliphatic rings. The summed E-state index contributed by atoms with van der Waals surface area (Å²) in [6, 6.07) is 0. The van der Waals surface area contributed by atoms with Crippen LogP contribution in [0.1, 0.15) is 89.9 Å². The van der Waals surface area contributed by atoms with Gasteiger partial charge in [-0.25, -0.2) is 16.8 Å². The van der Waals surface area contributed by atoms with Gasteiger partial charge in [0.25, 0.3) is 0 Å². The van der Waals surface area contributed by atoms with E-state index in [1.54, 1.807) is 7.11 Å². The van der Waals surface area contributed by atoms with Crippen LogP contribution in [-0.2, 0) is 112 Å². The molecule has 20 heterocycles. The number of morpholine rings is 10. The SMILES string of the molecule is CN1CCOC2(C1)CS(=O)(=O)C2.CN1CCOC2(C1)CS(=O)C2.CN1CCOC2(CCC2)C1.CN1CCOC2(CCS(=O)(=O)C2)C1.CN1CCOC2(CCS(=O)C2)C1.CN1CCOC2(CCSC2)C1.CN1CCOC2(CNC(=O)C2)C1.CN1CCOC2(COC2)C1.CN1CCOC2(CSC2)C1.CN1CCOCC2(CC2)C1.CN1CCOCC2(CCC2)C1.COC1CC2(C1)CN(C)CCO2. The Labute approximate surface area is 818 Å². The molecule has 1 N–H and O–H groups in total. The van der Waals surface area contributed by atoms with Gasteiger partial charge in [-0.3, -0.25) is 13.2 Å². The van der Waals surface area contributed by atoms with E-state index in [0.717, 1.165) is 279 Å². The van der Waals surface area contributed by atoms with Gasteiger partial charge in [0.1, 0.15) is 22.4 Å². The number of hydrogen-bond acceptors (Lipinski definition) is 35. The van der Waals surface area contributed by atoms with Crippen molar-refractivity contribution in [1.82, 2.24) is 64.1 Å². The molecule has 24 fully saturated rings. The van der Waals surface area contributed by atoms with Crippen LogP contribution in [0.15, 0.2) is 0 Å². The largest absolute Gasteiger partial charge is 0.381 e.